The molecule has 80 valence electrons. The number of carbonyl (C=O) groups excluding carboxylic acids is 1. The summed E-state index contributed by atoms with van der Waals surface area (Å²) in [4.78, 5) is 13.4. The van der Waals surface area contributed by atoms with Crippen molar-refractivity contribution in [3.05, 3.63) is 23.3 Å². The number of aryl methyl sites for hydroxylation is 2. The Bertz CT molecular complexity index is 426. The Balaban J connectivity index is 2.64. The van der Waals surface area contributed by atoms with E-state index in [2.05, 4.69) is 0 Å². The lowest BCUT2D eigenvalue weighted by Crippen LogP contribution is -2.42. The van der Waals surface area contributed by atoms with Gasteiger partial charge in [0.1, 0.15) is 5.75 Å². The summed E-state index contributed by atoms with van der Waals surface area (Å²) in [7, 11) is 1.80. The summed E-state index contributed by atoms with van der Waals surface area (Å²) in [5.74, 6) is 0.848. The number of benzene rings is 1. The fourth-order valence-electron chi connectivity index (χ4n) is 1.95. The molecule has 2 rings (SSSR count). The molecule has 1 amide bonds. The number of rotatable bonds is 0. The molecule has 1 aliphatic heterocycles. The van der Waals surface area contributed by atoms with Crippen molar-refractivity contribution in [1.82, 2.24) is 0 Å². The van der Waals surface area contributed by atoms with Crippen LogP contribution in [0.3, 0.4) is 0 Å². The van der Waals surface area contributed by atoms with E-state index in [-0.39, 0.29) is 12.0 Å². The van der Waals surface area contributed by atoms with Crippen LogP contribution in [0.5, 0.6) is 5.75 Å². The predicted molar refractivity (Wildman–Crippen MR) is 59.4 cm³/mol. The number of anilines is 1. The number of ether oxygens (including phenoxy) is 1. The molecule has 0 fully saturated rings. The van der Waals surface area contributed by atoms with E-state index in [9.17, 15) is 4.79 Å². The summed E-state index contributed by atoms with van der Waals surface area (Å²) in [5, 5.41) is 0. The van der Waals surface area contributed by atoms with Crippen molar-refractivity contribution in [2.45, 2.75) is 26.9 Å². The molecule has 0 radical (unpaired) electrons. The van der Waals surface area contributed by atoms with E-state index < -0.39 is 0 Å². The highest BCUT2D eigenvalue weighted by molar-refractivity contribution is 6.00. The molecule has 0 aliphatic carbocycles. The summed E-state index contributed by atoms with van der Waals surface area (Å²) >= 11 is 0. The van der Waals surface area contributed by atoms with E-state index in [1.807, 2.05) is 26.0 Å². The highest BCUT2D eigenvalue weighted by atomic mass is 16.5. The molecule has 3 nitrogen and oxygen atoms in total. The molecule has 1 unspecified atom stereocenters. The Morgan fingerprint density at radius 3 is 2.53 bits per heavy atom. The third-order valence-corrected chi connectivity index (χ3v) is 2.84. The molecule has 0 aromatic heterocycles. The van der Waals surface area contributed by atoms with Crippen molar-refractivity contribution in [3.63, 3.8) is 0 Å². The van der Waals surface area contributed by atoms with Crippen molar-refractivity contribution in [1.29, 1.82) is 0 Å². The molecule has 0 saturated carbocycles. The quantitative estimate of drug-likeness (QED) is 0.648. The Hall–Kier alpha value is -1.51. The minimum absolute atomic E-state index is 0.0104. The number of amides is 1. The maximum absolute atomic E-state index is 11.8. The Kier molecular flexibility index (Phi) is 2.18. The second kappa shape index (κ2) is 3.26. The number of nitrogens with zero attached hydrogens (tertiary/aromatic N) is 1. The van der Waals surface area contributed by atoms with Crippen LogP contribution in [0.25, 0.3) is 0 Å². The second-order valence-corrected chi connectivity index (χ2v) is 4.03. The molecule has 3 heteroatoms. The fraction of sp³-hybridized carbons (Fsp3) is 0.417. The normalized spacial score (nSPS) is 19.9. The SMILES string of the molecule is Cc1ccc(C)c2c1OC(C)C(=O)N2C. The third-order valence-electron chi connectivity index (χ3n) is 2.84. The van der Waals surface area contributed by atoms with Crippen LogP contribution in [-0.4, -0.2) is 19.1 Å². The van der Waals surface area contributed by atoms with Crippen LogP contribution in [0, 0.1) is 13.8 Å². The molecule has 1 aliphatic rings. The summed E-state index contributed by atoms with van der Waals surface area (Å²) in [6.07, 6.45) is -0.386. The van der Waals surface area contributed by atoms with Crippen LogP contribution in [0.1, 0.15) is 18.1 Å². The van der Waals surface area contributed by atoms with Gasteiger partial charge in [0.25, 0.3) is 5.91 Å². The molecule has 0 spiro atoms. The van der Waals surface area contributed by atoms with Gasteiger partial charge in [-0.15, -0.1) is 0 Å². The lowest BCUT2D eigenvalue weighted by Gasteiger charge is -2.32. The first-order chi connectivity index (χ1) is 7.02. The van der Waals surface area contributed by atoms with E-state index in [1.165, 1.54) is 0 Å². The molecule has 1 aromatic rings. The smallest absolute Gasteiger partial charge is 0.267 e. The largest absolute Gasteiger partial charge is 0.478 e. The molecule has 0 saturated heterocycles. The topological polar surface area (TPSA) is 29.5 Å². The van der Waals surface area contributed by atoms with Crippen molar-refractivity contribution < 1.29 is 9.53 Å². The molecule has 15 heavy (non-hydrogen) atoms. The third kappa shape index (κ3) is 1.39. The van der Waals surface area contributed by atoms with Gasteiger partial charge in [0.05, 0.1) is 5.69 Å². The minimum atomic E-state index is -0.386. The standard InChI is InChI=1S/C12H15NO2/c1-7-5-6-8(2)11-10(7)13(4)12(14)9(3)15-11/h5-6,9H,1-4H3. The maximum Gasteiger partial charge on any atom is 0.267 e. The zero-order valence-electron chi connectivity index (χ0n) is 9.50. The van der Waals surface area contributed by atoms with Crippen molar-refractivity contribution in [3.8, 4) is 5.75 Å². The van der Waals surface area contributed by atoms with Crippen LogP contribution in [0.15, 0.2) is 12.1 Å². The zero-order chi connectivity index (χ0) is 11.2. The highest BCUT2D eigenvalue weighted by Crippen LogP contribution is 2.38. The van der Waals surface area contributed by atoms with Crippen LogP contribution < -0.4 is 9.64 Å². The van der Waals surface area contributed by atoms with Gasteiger partial charge in [0.15, 0.2) is 6.10 Å². The average molecular weight is 205 g/mol. The van der Waals surface area contributed by atoms with Gasteiger partial charge in [-0.3, -0.25) is 4.79 Å². The van der Waals surface area contributed by atoms with Gasteiger partial charge in [-0.1, -0.05) is 12.1 Å². The maximum atomic E-state index is 11.8. The van der Waals surface area contributed by atoms with Crippen LogP contribution in [-0.2, 0) is 4.79 Å². The van der Waals surface area contributed by atoms with Crippen molar-refractivity contribution >= 4 is 11.6 Å². The van der Waals surface area contributed by atoms with E-state index in [0.717, 1.165) is 22.6 Å². The molecule has 1 atom stereocenters. The van der Waals surface area contributed by atoms with Gasteiger partial charge in [-0.25, -0.2) is 0 Å². The van der Waals surface area contributed by atoms with Gasteiger partial charge < -0.3 is 9.64 Å². The Labute approximate surface area is 89.7 Å². The molecule has 0 bridgehead atoms. The average Bonchev–Trinajstić information content (AvgIpc) is 2.20. The number of hydrogen-bond acceptors (Lipinski definition) is 2. The summed E-state index contributed by atoms with van der Waals surface area (Å²) in [6, 6.07) is 4.03. The Morgan fingerprint density at radius 1 is 1.27 bits per heavy atom. The number of hydrogen-bond donors (Lipinski definition) is 0. The summed E-state index contributed by atoms with van der Waals surface area (Å²) in [5.41, 5.74) is 3.04. The van der Waals surface area contributed by atoms with Crippen LogP contribution in [0.2, 0.25) is 0 Å². The van der Waals surface area contributed by atoms with E-state index >= 15 is 0 Å². The van der Waals surface area contributed by atoms with E-state index in [1.54, 1.807) is 18.9 Å². The molecular formula is C12H15NO2. The van der Waals surface area contributed by atoms with Gasteiger partial charge in [-0.2, -0.15) is 0 Å². The molecule has 1 aromatic carbocycles. The second-order valence-electron chi connectivity index (χ2n) is 4.03. The molecule has 1 heterocycles. The summed E-state index contributed by atoms with van der Waals surface area (Å²) < 4.78 is 5.63. The molecular weight excluding hydrogens is 190 g/mol. The first-order valence-corrected chi connectivity index (χ1v) is 5.07. The van der Waals surface area contributed by atoms with Crippen LogP contribution in [0.4, 0.5) is 5.69 Å². The van der Waals surface area contributed by atoms with Crippen LogP contribution >= 0.6 is 0 Å². The van der Waals surface area contributed by atoms with Gasteiger partial charge in [-0.05, 0) is 31.9 Å². The molecule has 0 N–H and O–H groups in total. The lowest BCUT2D eigenvalue weighted by atomic mass is 10.1. The summed E-state index contributed by atoms with van der Waals surface area (Å²) in [6.45, 7) is 5.76. The zero-order valence-corrected chi connectivity index (χ0v) is 9.50. The lowest BCUT2D eigenvalue weighted by molar-refractivity contribution is -0.125. The monoisotopic (exact) mass is 205 g/mol. The van der Waals surface area contributed by atoms with E-state index in [0.29, 0.717) is 0 Å². The van der Waals surface area contributed by atoms with Crippen molar-refractivity contribution in [2.75, 3.05) is 11.9 Å². The number of likely N-dealkylation sites (N-methyl/N-ethyl adjacent to an activating group) is 1. The highest BCUT2D eigenvalue weighted by Gasteiger charge is 2.30. The number of carbonyl (C=O) groups is 1. The first-order valence-electron chi connectivity index (χ1n) is 5.07. The minimum Gasteiger partial charge on any atom is -0.478 e. The Morgan fingerprint density at radius 2 is 1.87 bits per heavy atom. The first kappa shape index (κ1) is 10.0. The predicted octanol–water partition coefficient (Wildman–Crippen LogP) is 2.05. The fourth-order valence-corrected chi connectivity index (χ4v) is 1.95. The van der Waals surface area contributed by atoms with Crippen molar-refractivity contribution in [2.24, 2.45) is 0 Å². The van der Waals surface area contributed by atoms with Gasteiger partial charge in [0, 0.05) is 7.05 Å². The van der Waals surface area contributed by atoms with Gasteiger partial charge >= 0.3 is 0 Å². The van der Waals surface area contributed by atoms with Gasteiger partial charge in [0.2, 0.25) is 0 Å². The number of fused-ring (bicyclic) bond motifs is 1. The van der Waals surface area contributed by atoms with E-state index in [4.69, 9.17) is 4.74 Å².